The second kappa shape index (κ2) is 8.97. The highest BCUT2D eigenvalue weighted by Gasteiger charge is 2.14. The van der Waals surface area contributed by atoms with Crippen LogP contribution >= 0.6 is 0 Å². The molecule has 1 aromatic heterocycles. The molecule has 0 saturated carbocycles. The van der Waals surface area contributed by atoms with E-state index in [1.807, 2.05) is 6.92 Å². The van der Waals surface area contributed by atoms with Crippen molar-refractivity contribution in [2.75, 3.05) is 11.9 Å². The summed E-state index contributed by atoms with van der Waals surface area (Å²) in [5.74, 6) is -1.28. The molecule has 0 radical (unpaired) electrons. The molecule has 0 fully saturated rings. The highest BCUT2D eigenvalue weighted by molar-refractivity contribution is 6.00. The molecule has 0 spiro atoms. The van der Waals surface area contributed by atoms with Gasteiger partial charge in [-0.1, -0.05) is 19.1 Å². The van der Waals surface area contributed by atoms with Gasteiger partial charge in [0.25, 0.3) is 0 Å². The minimum atomic E-state index is -0.787. The van der Waals surface area contributed by atoms with Gasteiger partial charge < -0.3 is 15.0 Å². The number of rotatable bonds is 7. The van der Waals surface area contributed by atoms with E-state index in [1.54, 1.807) is 48.5 Å². The molecule has 0 saturated heterocycles. The lowest BCUT2D eigenvalue weighted by atomic mass is 10.1. The molecule has 7 heteroatoms. The van der Waals surface area contributed by atoms with E-state index in [0.29, 0.717) is 28.6 Å². The third kappa shape index (κ3) is 4.95. The molecule has 2 aromatic carbocycles. The minimum Gasteiger partial charge on any atom is -0.453 e. The fraction of sp³-hybridized carbons (Fsp3) is 0.182. The number of fused-ring (bicyclic) bond motifs is 1. The number of anilines is 1. The predicted molar refractivity (Wildman–Crippen MR) is 109 cm³/mol. The van der Waals surface area contributed by atoms with Gasteiger partial charge in [0.15, 0.2) is 17.8 Å². The van der Waals surface area contributed by atoms with Gasteiger partial charge in [-0.05, 0) is 42.8 Å². The van der Waals surface area contributed by atoms with E-state index in [2.05, 4.69) is 10.3 Å². The average molecular weight is 392 g/mol. The molecule has 0 aliphatic carbocycles. The van der Waals surface area contributed by atoms with Crippen LogP contribution in [0.3, 0.4) is 0 Å². The predicted octanol–water partition coefficient (Wildman–Crippen LogP) is 3.31. The first kappa shape index (κ1) is 20.0. The Morgan fingerprint density at radius 1 is 1.03 bits per heavy atom. The minimum absolute atomic E-state index is 0.0181. The fourth-order valence-corrected chi connectivity index (χ4v) is 2.79. The molecule has 0 aliphatic rings. The summed E-state index contributed by atoms with van der Waals surface area (Å²) < 4.78 is 5.05. The number of pyridine rings is 1. The van der Waals surface area contributed by atoms with Gasteiger partial charge in [-0.2, -0.15) is 0 Å². The number of aromatic amines is 1. The zero-order chi connectivity index (χ0) is 20.8. The second-order valence-corrected chi connectivity index (χ2v) is 6.47. The van der Waals surface area contributed by atoms with Crippen LogP contribution in [0.5, 0.6) is 0 Å². The number of hydrogen-bond donors (Lipinski definition) is 2. The molecule has 0 aliphatic heterocycles. The van der Waals surface area contributed by atoms with Gasteiger partial charge in [-0.25, -0.2) is 4.79 Å². The van der Waals surface area contributed by atoms with Crippen molar-refractivity contribution >= 4 is 34.3 Å². The number of esters is 1. The number of ketones is 1. The molecule has 3 rings (SSSR count). The Balaban J connectivity index is 1.62. The lowest BCUT2D eigenvalue weighted by molar-refractivity contribution is -0.116. The Labute approximate surface area is 166 Å². The number of carbonyl (C=O) groups is 3. The summed E-state index contributed by atoms with van der Waals surface area (Å²) in [6.45, 7) is 1.45. The number of benzene rings is 2. The zero-order valence-electron chi connectivity index (χ0n) is 15.9. The van der Waals surface area contributed by atoms with Crippen LogP contribution in [-0.4, -0.2) is 29.3 Å². The van der Waals surface area contributed by atoms with Crippen molar-refractivity contribution in [2.45, 2.75) is 19.8 Å². The molecule has 29 heavy (non-hydrogen) atoms. The highest BCUT2D eigenvalue weighted by Crippen LogP contribution is 2.12. The summed E-state index contributed by atoms with van der Waals surface area (Å²) in [4.78, 5) is 51.0. The summed E-state index contributed by atoms with van der Waals surface area (Å²) in [5.41, 5.74) is 1.12. The van der Waals surface area contributed by atoms with Crippen molar-refractivity contribution in [3.8, 4) is 0 Å². The lowest BCUT2D eigenvalue weighted by Gasteiger charge is -2.07. The lowest BCUT2D eigenvalue weighted by Crippen LogP contribution is -2.17. The number of Topliss-reactive ketones (excluding diaryl/α,β-unsaturated/α-hetero) is 1. The summed E-state index contributed by atoms with van der Waals surface area (Å²) in [6.07, 6.45) is 1.17. The number of para-hydroxylation sites is 1. The Morgan fingerprint density at radius 3 is 2.48 bits per heavy atom. The maximum Gasteiger partial charge on any atom is 0.355 e. The van der Waals surface area contributed by atoms with E-state index in [9.17, 15) is 19.2 Å². The van der Waals surface area contributed by atoms with Gasteiger partial charge in [-0.15, -0.1) is 0 Å². The maximum absolute atomic E-state index is 12.3. The number of aromatic nitrogens is 1. The van der Waals surface area contributed by atoms with Crippen LogP contribution in [0.4, 0.5) is 5.69 Å². The van der Waals surface area contributed by atoms with Crippen molar-refractivity contribution in [3.05, 3.63) is 76.1 Å². The Bertz CT molecular complexity index is 1120. The van der Waals surface area contributed by atoms with Gasteiger partial charge in [0, 0.05) is 34.6 Å². The summed E-state index contributed by atoms with van der Waals surface area (Å²) in [7, 11) is 0. The average Bonchev–Trinajstić information content (AvgIpc) is 2.72. The Morgan fingerprint density at radius 2 is 1.76 bits per heavy atom. The zero-order valence-corrected chi connectivity index (χ0v) is 15.9. The molecule has 0 bridgehead atoms. The highest BCUT2D eigenvalue weighted by atomic mass is 16.5. The molecule has 2 N–H and O–H groups in total. The van der Waals surface area contributed by atoms with Crippen molar-refractivity contribution in [2.24, 2.45) is 0 Å². The van der Waals surface area contributed by atoms with Crippen molar-refractivity contribution in [1.82, 2.24) is 4.98 Å². The van der Waals surface area contributed by atoms with E-state index < -0.39 is 18.4 Å². The van der Waals surface area contributed by atoms with Gasteiger partial charge in [0.05, 0.1) is 0 Å². The van der Waals surface area contributed by atoms with Crippen LogP contribution < -0.4 is 10.7 Å². The first-order valence-corrected chi connectivity index (χ1v) is 9.20. The van der Waals surface area contributed by atoms with E-state index >= 15 is 0 Å². The normalized spacial score (nSPS) is 10.5. The molecule has 1 heterocycles. The molecule has 0 atom stereocenters. The number of nitrogens with one attached hydrogen (secondary N) is 2. The van der Waals surface area contributed by atoms with Crippen LogP contribution in [0.2, 0.25) is 0 Å². The van der Waals surface area contributed by atoms with Crippen LogP contribution in [0.25, 0.3) is 10.9 Å². The summed E-state index contributed by atoms with van der Waals surface area (Å²) >= 11 is 0. The van der Waals surface area contributed by atoms with E-state index in [-0.39, 0.29) is 17.0 Å². The third-order valence-corrected chi connectivity index (χ3v) is 4.26. The molecule has 0 unspecified atom stereocenters. The molecular weight excluding hydrogens is 372 g/mol. The Hall–Kier alpha value is -3.74. The molecule has 7 nitrogen and oxygen atoms in total. The monoisotopic (exact) mass is 392 g/mol. The van der Waals surface area contributed by atoms with Crippen LogP contribution in [0.1, 0.15) is 40.6 Å². The van der Waals surface area contributed by atoms with Crippen LogP contribution in [0.15, 0.2) is 59.4 Å². The van der Waals surface area contributed by atoms with Crippen LogP contribution in [-0.2, 0) is 9.53 Å². The smallest absolute Gasteiger partial charge is 0.355 e. The molecule has 3 aromatic rings. The van der Waals surface area contributed by atoms with Gasteiger partial charge in [-0.3, -0.25) is 14.4 Å². The largest absolute Gasteiger partial charge is 0.453 e. The standard InChI is InChI=1S/C22H20N2O5/c1-2-5-21(27)23-15-10-8-14(9-11-15)20(26)13-29-22(28)18-12-19(25)16-6-3-4-7-17(16)24-18/h3-4,6-12H,2,5,13H2,1H3,(H,23,27)(H,24,25). The summed E-state index contributed by atoms with van der Waals surface area (Å²) in [6, 6.07) is 14.3. The third-order valence-electron chi connectivity index (χ3n) is 4.26. The molecule has 1 amide bonds. The topological polar surface area (TPSA) is 105 Å². The first-order valence-electron chi connectivity index (χ1n) is 9.20. The number of amides is 1. The van der Waals surface area contributed by atoms with Crippen LogP contribution in [0, 0.1) is 0 Å². The van der Waals surface area contributed by atoms with Gasteiger partial charge in [0.1, 0.15) is 5.69 Å². The first-order chi connectivity index (χ1) is 14.0. The molecular formula is C22H20N2O5. The number of H-pyrrole nitrogens is 1. The molecule has 148 valence electrons. The summed E-state index contributed by atoms with van der Waals surface area (Å²) in [5, 5.41) is 3.20. The van der Waals surface area contributed by atoms with Crippen molar-refractivity contribution in [3.63, 3.8) is 0 Å². The SMILES string of the molecule is CCCC(=O)Nc1ccc(C(=O)COC(=O)c2cc(=O)c3ccccc3[nH]2)cc1. The van der Waals surface area contributed by atoms with E-state index in [1.165, 1.54) is 0 Å². The maximum atomic E-state index is 12.3. The second-order valence-electron chi connectivity index (χ2n) is 6.47. The van der Waals surface area contributed by atoms with Crippen molar-refractivity contribution in [1.29, 1.82) is 0 Å². The van der Waals surface area contributed by atoms with Crippen molar-refractivity contribution < 1.29 is 19.1 Å². The van der Waals surface area contributed by atoms with Gasteiger partial charge >= 0.3 is 5.97 Å². The van der Waals surface area contributed by atoms with E-state index in [4.69, 9.17) is 4.74 Å². The Kier molecular flexibility index (Phi) is 6.19. The van der Waals surface area contributed by atoms with Gasteiger partial charge in [0.2, 0.25) is 5.91 Å². The quantitative estimate of drug-likeness (QED) is 0.474. The van der Waals surface area contributed by atoms with E-state index in [0.717, 1.165) is 12.5 Å². The number of ether oxygens (including phenoxy) is 1. The number of carbonyl (C=O) groups excluding carboxylic acids is 3. The number of hydrogen-bond acceptors (Lipinski definition) is 5. The fourth-order valence-electron chi connectivity index (χ4n) is 2.79.